The zero-order valence-electron chi connectivity index (χ0n) is 6.46. The van der Waals surface area contributed by atoms with Crippen molar-refractivity contribution >= 4 is 11.6 Å². The van der Waals surface area contributed by atoms with Crippen molar-refractivity contribution in [2.24, 2.45) is 5.73 Å². The Balaban J connectivity index is 2.33. The van der Waals surface area contributed by atoms with E-state index in [-0.39, 0.29) is 5.54 Å². The van der Waals surface area contributed by atoms with Gasteiger partial charge in [0.25, 0.3) is 0 Å². The fourth-order valence-electron chi connectivity index (χ4n) is 1.20. The van der Waals surface area contributed by atoms with Crippen molar-refractivity contribution in [1.82, 2.24) is 4.98 Å². The van der Waals surface area contributed by atoms with Crippen LogP contribution in [0.5, 0.6) is 0 Å². The fraction of sp³-hybridized carbons (Fsp3) is 0.375. The molecule has 2 rings (SSSR count). The Morgan fingerprint density at radius 2 is 2.33 bits per heavy atom. The van der Waals surface area contributed by atoms with Crippen molar-refractivity contribution in [1.29, 1.82) is 0 Å². The molecule has 0 spiro atoms. The van der Waals surface area contributed by atoms with Crippen LogP contribution in [-0.2, 0) is 10.3 Å². The highest BCUT2D eigenvalue weighted by atomic mass is 35.5. The Bertz CT molecular complexity index is 299. The molecule has 1 aromatic rings. The molecule has 0 amide bonds. The van der Waals surface area contributed by atoms with Crippen molar-refractivity contribution in [2.45, 2.75) is 5.54 Å². The van der Waals surface area contributed by atoms with Gasteiger partial charge in [-0.15, -0.1) is 0 Å². The van der Waals surface area contributed by atoms with Crippen molar-refractivity contribution in [3.05, 3.63) is 29.0 Å². The SMILES string of the molecule is NC1(c2ccnc(Cl)c2)COC1. The molecule has 0 aliphatic carbocycles. The smallest absolute Gasteiger partial charge is 0.129 e. The minimum absolute atomic E-state index is 0.341. The average molecular weight is 185 g/mol. The van der Waals surface area contributed by atoms with Gasteiger partial charge in [-0.25, -0.2) is 4.98 Å². The molecule has 0 bridgehead atoms. The molecule has 12 heavy (non-hydrogen) atoms. The van der Waals surface area contributed by atoms with Gasteiger partial charge in [0.05, 0.1) is 18.8 Å². The van der Waals surface area contributed by atoms with Crippen LogP contribution in [-0.4, -0.2) is 18.2 Å². The zero-order valence-corrected chi connectivity index (χ0v) is 7.21. The first-order chi connectivity index (χ1) is 5.71. The van der Waals surface area contributed by atoms with Crippen LogP contribution >= 0.6 is 11.6 Å². The number of nitrogens with zero attached hydrogens (tertiary/aromatic N) is 1. The van der Waals surface area contributed by atoms with E-state index < -0.39 is 0 Å². The highest BCUT2D eigenvalue weighted by Gasteiger charge is 2.36. The predicted octanol–water partition coefficient (Wildman–Crippen LogP) is 0.919. The lowest BCUT2D eigenvalue weighted by Gasteiger charge is -2.38. The second kappa shape index (κ2) is 2.69. The number of ether oxygens (including phenoxy) is 1. The Kier molecular flexibility index (Phi) is 1.79. The molecule has 2 N–H and O–H groups in total. The summed E-state index contributed by atoms with van der Waals surface area (Å²) in [4.78, 5) is 3.88. The topological polar surface area (TPSA) is 48.1 Å². The van der Waals surface area contributed by atoms with Gasteiger partial charge in [-0.3, -0.25) is 0 Å². The lowest BCUT2D eigenvalue weighted by molar-refractivity contribution is -0.0569. The number of halogens is 1. The molecule has 0 aromatic carbocycles. The molecule has 1 saturated heterocycles. The summed E-state index contributed by atoms with van der Waals surface area (Å²) in [7, 11) is 0. The number of aromatic nitrogens is 1. The van der Waals surface area contributed by atoms with Gasteiger partial charge < -0.3 is 10.5 Å². The van der Waals surface area contributed by atoms with Gasteiger partial charge in [0.15, 0.2) is 0 Å². The van der Waals surface area contributed by atoms with E-state index in [1.807, 2.05) is 6.07 Å². The summed E-state index contributed by atoms with van der Waals surface area (Å²) in [6, 6.07) is 3.65. The Hall–Kier alpha value is -0.640. The number of hydrogen-bond acceptors (Lipinski definition) is 3. The third-order valence-corrected chi connectivity index (χ3v) is 2.23. The first kappa shape index (κ1) is 7.98. The standard InChI is InChI=1S/C8H9ClN2O/c9-7-3-6(1-2-11-7)8(10)4-12-5-8/h1-3H,4-5,10H2. The molecule has 3 nitrogen and oxygen atoms in total. The third kappa shape index (κ3) is 1.20. The van der Waals surface area contributed by atoms with Crippen molar-refractivity contribution in [2.75, 3.05) is 13.2 Å². The van der Waals surface area contributed by atoms with E-state index in [2.05, 4.69) is 4.98 Å². The van der Waals surface area contributed by atoms with E-state index in [9.17, 15) is 0 Å². The molecule has 1 aromatic heterocycles. The number of pyridine rings is 1. The third-order valence-electron chi connectivity index (χ3n) is 2.02. The lowest BCUT2D eigenvalue weighted by Crippen LogP contribution is -2.54. The molecule has 1 aliphatic heterocycles. The zero-order chi connectivity index (χ0) is 8.60. The van der Waals surface area contributed by atoms with Gasteiger partial charge in [0, 0.05) is 6.20 Å². The quantitative estimate of drug-likeness (QED) is 0.661. The summed E-state index contributed by atoms with van der Waals surface area (Å²) >= 11 is 5.72. The van der Waals surface area contributed by atoms with Crippen LogP contribution in [0, 0.1) is 0 Å². The van der Waals surface area contributed by atoms with Gasteiger partial charge in [-0.05, 0) is 17.7 Å². The molecule has 1 fully saturated rings. The molecular weight excluding hydrogens is 176 g/mol. The van der Waals surface area contributed by atoms with E-state index in [4.69, 9.17) is 22.1 Å². The van der Waals surface area contributed by atoms with Gasteiger partial charge in [0.1, 0.15) is 5.15 Å². The maximum Gasteiger partial charge on any atom is 0.129 e. The Morgan fingerprint density at radius 1 is 1.58 bits per heavy atom. The highest BCUT2D eigenvalue weighted by Crippen LogP contribution is 2.27. The van der Waals surface area contributed by atoms with E-state index in [0.29, 0.717) is 18.4 Å². The predicted molar refractivity (Wildman–Crippen MR) is 45.9 cm³/mol. The van der Waals surface area contributed by atoms with Crippen LogP contribution in [0.1, 0.15) is 5.56 Å². The molecule has 0 unspecified atom stereocenters. The first-order valence-corrected chi connectivity index (χ1v) is 4.07. The van der Waals surface area contributed by atoms with E-state index in [0.717, 1.165) is 5.56 Å². The maximum atomic E-state index is 5.98. The highest BCUT2D eigenvalue weighted by molar-refractivity contribution is 6.29. The summed E-state index contributed by atoms with van der Waals surface area (Å²) in [6.07, 6.45) is 1.66. The van der Waals surface area contributed by atoms with Crippen LogP contribution in [0.25, 0.3) is 0 Å². The van der Waals surface area contributed by atoms with E-state index >= 15 is 0 Å². The van der Waals surface area contributed by atoms with E-state index in [1.54, 1.807) is 12.3 Å². The van der Waals surface area contributed by atoms with Crippen molar-refractivity contribution in [3.63, 3.8) is 0 Å². The molecule has 0 saturated carbocycles. The second-order valence-corrected chi connectivity index (χ2v) is 3.40. The summed E-state index contributed by atoms with van der Waals surface area (Å²) in [5.74, 6) is 0. The summed E-state index contributed by atoms with van der Waals surface area (Å²) in [6.45, 7) is 1.13. The van der Waals surface area contributed by atoms with Gasteiger partial charge in [-0.1, -0.05) is 11.6 Å². The summed E-state index contributed by atoms with van der Waals surface area (Å²) < 4.78 is 5.04. The van der Waals surface area contributed by atoms with Crippen molar-refractivity contribution < 1.29 is 4.74 Å². The fourth-order valence-corrected chi connectivity index (χ4v) is 1.37. The normalized spacial score (nSPS) is 20.2. The van der Waals surface area contributed by atoms with Crippen LogP contribution in [0.2, 0.25) is 5.15 Å². The molecular formula is C8H9ClN2O. The van der Waals surface area contributed by atoms with Crippen LogP contribution in [0.3, 0.4) is 0 Å². The van der Waals surface area contributed by atoms with Crippen molar-refractivity contribution in [3.8, 4) is 0 Å². The summed E-state index contributed by atoms with van der Waals surface area (Å²) in [5, 5.41) is 0.476. The minimum Gasteiger partial charge on any atom is -0.377 e. The Labute approximate surface area is 75.5 Å². The molecule has 4 heteroatoms. The minimum atomic E-state index is -0.341. The maximum absolute atomic E-state index is 5.98. The molecule has 0 radical (unpaired) electrons. The van der Waals surface area contributed by atoms with Crippen LogP contribution in [0.4, 0.5) is 0 Å². The van der Waals surface area contributed by atoms with Gasteiger partial charge >= 0.3 is 0 Å². The second-order valence-electron chi connectivity index (χ2n) is 3.02. The lowest BCUT2D eigenvalue weighted by atomic mass is 9.90. The Morgan fingerprint density at radius 3 is 2.83 bits per heavy atom. The molecule has 64 valence electrons. The summed E-state index contributed by atoms with van der Waals surface area (Å²) in [5.41, 5.74) is 6.64. The van der Waals surface area contributed by atoms with Crippen LogP contribution in [0.15, 0.2) is 18.3 Å². The first-order valence-electron chi connectivity index (χ1n) is 3.69. The average Bonchev–Trinajstić information content (AvgIpc) is 2.00. The number of nitrogens with two attached hydrogens (primary N) is 1. The monoisotopic (exact) mass is 184 g/mol. The van der Waals surface area contributed by atoms with Gasteiger partial charge in [0.2, 0.25) is 0 Å². The molecule has 1 aliphatic rings. The molecule has 0 atom stereocenters. The number of rotatable bonds is 1. The largest absolute Gasteiger partial charge is 0.377 e. The van der Waals surface area contributed by atoms with E-state index in [1.165, 1.54) is 0 Å². The van der Waals surface area contributed by atoms with Crippen LogP contribution < -0.4 is 5.73 Å². The van der Waals surface area contributed by atoms with Gasteiger partial charge in [-0.2, -0.15) is 0 Å². The number of hydrogen-bond donors (Lipinski definition) is 1. The molecule has 2 heterocycles.